The lowest BCUT2D eigenvalue weighted by Gasteiger charge is -2.18. The van der Waals surface area contributed by atoms with E-state index in [2.05, 4.69) is 185 Å². The number of hydrogen-bond acceptors (Lipinski definition) is 2. The Morgan fingerprint density at radius 1 is 0.415 bits per heavy atom. The van der Waals surface area contributed by atoms with Gasteiger partial charge in [-0.15, -0.1) is 11.3 Å². The van der Waals surface area contributed by atoms with Crippen LogP contribution in [0, 0.1) is 0 Å². The third-order valence-corrected chi connectivity index (χ3v) is 12.2. The number of para-hydroxylation sites is 4. The topological polar surface area (TPSA) is 22.8 Å². The van der Waals surface area contributed by atoms with Gasteiger partial charge in [0.25, 0.3) is 0 Å². The second-order valence-corrected chi connectivity index (χ2v) is 15.0. The first-order valence-electron chi connectivity index (χ1n) is 18.1. The molecule has 246 valence electrons. The van der Waals surface area contributed by atoms with Crippen LogP contribution in [0.25, 0.3) is 108 Å². The van der Waals surface area contributed by atoms with Crippen LogP contribution in [-0.4, -0.2) is 14.1 Å². The van der Waals surface area contributed by atoms with Crippen LogP contribution < -0.4 is 0 Å². The smallest absolute Gasteiger partial charge is 0.0902 e. The zero-order valence-corrected chi connectivity index (χ0v) is 29.3. The first-order chi connectivity index (χ1) is 26.3. The Morgan fingerprint density at radius 2 is 0.887 bits per heavy atom. The van der Waals surface area contributed by atoms with E-state index in [1.165, 1.54) is 85.7 Å². The van der Waals surface area contributed by atoms with Crippen molar-refractivity contribution in [3.8, 4) is 22.5 Å². The maximum atomic E-state index is 5.41. The highest BCUT2D eigenvalue weighted by molar-refractivity contribution is 7.26. The van der Waals surface area contributed by atoms with Gasteiger partial charge in [-0.05, 0) is 70.9 Å². The van der Waals surface area contributed by atoms with Gasteiger partial charge in [0, 0.05) is 54.0 Å². The van der Waals surface area contributed by atoms with E-state index in [0.29, 0.717) is 0 Å². The van der Waals surface area contributed by atoms with Crippen molar-refractivity contribution >= 4 is 96.9 Å². The fraction of sp³-hybridized carbons (Fsp3) is 0. The minimum Gasteiger partial charge on any atom is -0.309 e. The molecule has 0 amide bonds. The van der Waals surface area contributed by atoms with Gasteiger partial charge >= 0.3 is 0 Å². The summed E-state index contributed by atoms with van der Waals surface area (Å²) in [6, 6.07) is 64.3. The number of thiophene rings is 1. The molecule has 0 aliphatic heterocycles. The van der Waals surface area contributed by atoms with Gasteiger partial charge in [-0.1, -0.05) is 121 Å². The van der Waals surface area contributed by atoms with E-state index in [1.54, 1.807) is 0 Å². The van der Waals surface area contributed by atoms with Crippen LogP contribution >= 0.6 is 11.3 Å². The zero-order chi connectivity index (χ0) is 34.6. The molecule has 0 fully saturated rings. The van der Waals surface area contributed by atoms with Gasteiger partial charge in [0.05, 0.1) is 37.8 Å². The van der Waals surface area contributed by atoms with Crippen molar-refractivity contribution in [2.45, 2.75) is 0 Å². The summed E-state index contributed by atoms with van der Waals surface area (Å²) in [6.07, 6.45) is 0. The van der Waals surface area contributed by atoms with Crippen molar-refractivity contribution in [3.05, 3.63) is 176 Å². The molecule has 12 rings (SSSR count). The largest absolute Gasteiger partial charge is 0.309 e. The van der Waals surface area contributed by atoms with E-state index >= 15 is 0 Å². The molecule has 0 spiro atoms. The van der Waals surface area contributed by atoms with E-state index in [0.717, 1.165) is 22.4 Å². The van der Waals surface area contributed by atoms with Crippen molar-refractivity contribution in [2.24, 2.45) is 0 Å². The van der Waals surface area contributed by atoms with Gasteiger partial charge in [-0.2, -0.15) is 0 Å². The number of pyridine rings is 1. The number of fused-ring (bicyclic) bond motifs is 12. The van der Waals surface area contributed by atoms with Crippen LogP contribution in [0.4, 0.5) is 0 Å². The molecule has 12 aromatic rings. The van der Waals surface area contributed by atoms with E-state index in [4.69, 9.17) is 4.98 Å². The number of aromatic nitrogens is 3. The fourth-order valence-corrected chi connectivity index (χ4v) is 10.1. The highest BCUT2D eigenvalue weighted by Crippen LogP contribution is 2.46. The van der Waals surface area contributed by atoms with Crippen molar-refractivity contribution in [2.75, 3.05) is 0 Å². The predicted molar refractivity (Wildman–Crippen MR) is 226 cm³/mol. The van der Waals surface area contributed by atoms with Gasteiger partial charge < -0.3 is 9.13 Å². The van der Waals surface area contributed by atoms with Crippen LogP contribution in [0.5, 0.6) is 0 Å². The van der Waals surface area contributed by atoms with E-state index < -0.39 is 0 Å². The summed E-state index contributed by atoms with van der Waals surface area (Å²) in [5.74, 6) is 0. The lowest BCUT2D eigenvalue weighted by molar-refractivity contribution is 1.14. The van der Waals surface area contributed by atoms with E-state index in [-0.39, 0.29) is 0 Å². The van der Waals surface area contributed by atoms with E-state index in [9.17, 15) is 0 Å². The molecule has 0 saturated heterocycles. The molecule has 0 aliphatic rings. The minimum atomic E-state index is 1.01. The zero-order valence-electron chi connectivity index (χ0n) is 28.5. The first-order valence-corrected chi connectivity index (χ1v) is 18.9. The Hall–Kier alpha value is -6.75. The van der Waals surface area contributed by atoms with Gasteiger partial charge in [-0.25, -0.2) is 4.98 Å². The molecule has 0 saturated carbocycles. The van der Waals surface area contributed by atoms with Crippen molar-refractivity contribution < 1.29 is 0 Å². The Bertz CT molecular complexity index is 3230. The summed E-state index contributed by atoms with van der Waals surface area (Å²) in [7, 11) is 0. The number of rotatable bonds is 3. The molecular weight excluding hydrogens is 663 g/mol. The molecule has 4 heteroatoms. The van der Waals surface area contributed by atoms with Gasteiger partial charge in [0.2, 0.25) is 0 Å². The number of hydrogen-bond donors (Lipinski definition) is 0. The molecule has 4 heterocycles. The average Bonchev–Trinajstić information content (AvgIpc) is 3.87. The third-order valence-electron chi connectivity index (χ3n) is 11.1. The molecule has 0 unspecified atom stereocenters. The maximum Gasteiger partial charge on any atom is 0.0902 e. The lowest BCUT2D eigenvalue weighted by atomic mass is 9.94. The van der Waals surface area contributed by atoms with Gasteiger partial charge in [0.1, 0.15) is 0 Å². The SMILES string of the molecule is c1ccc2c(c1)ccc1nc3c(sc4ccccc43)c(-c3cc(-n4c5ccccc5c5ccccc54)cc(-n4c5ccccc5c5ccccc54)c3)c12. The van der Waals surface area contributed by atoms with E-state index in [1.807, 2.05) is 11.3 Å². The molecule has 0 bridgehead atoms. The maximum absolute atomic E-state index is 5.41. The van der Waals surface area contributed by atoms with Gasteiger partial charge in [0.15, 0.2) is 0 Å². The second-order valence-electron chi connectivity index (χ2n) is 13.9. The van der Waals surface area contributed by atoms with Gasteiger partial charge in [-0.3, -0.25) is 0 Å². The molecule has 8 aromatic carbocycles. The standard InChI is InChI=1S/C49H29N3S/c1-2-14-34-30(13-1)25-26-40-47(34)46(49-48(50-40)39-19-7-12-24-45(39)53-49)31-27-32(51-41-20-8-3-15-35(41)36-16-4-9-21-42(36)51)29-33(28-31)52-43-22-10-5-17-37(43)38-18-6-11-23-44(38)52/h1-29H. The Balaban J connectivity index is 1.30. The third kappa shape index (κ3) is 4.07. The number of benzene rings is 8. The van der Waals surface area contributed by atoms with Crippen molar-refractivity contribution in [1.82, 2.24) is 14.1 Å². The summed E-state index contributed by atoms with van der Waals surface area (Å²) in [5.41, 5.74) is 11.5. The minimum absolute atomic E-state index is 1.01. The highest BCUT2D eigenvalue weighted by atomic mass is 32.1. The molecular formula is C49H29N3S. The quantitative estimate of drug-likeness (QED) is 0.169. The van der Waals surface area contributed by atoms with Crippen molar-refractivity contribution in [3.63, 3.8) is 0 Å². The number of nitrogens with zero attached hydrogens (tertiary/aromatic N) is 3. The first kappa shape index (κ1) is 28.9. The summed E-state index contributed by atoms with van der Waals surface area (Å²) in [5, 5.41) is 9.81. The predicted octanol–water partition coefficient (Wildman–Crippen LogP) is 13.6. The summed E-state index contributed by atoms with van der Waals surface area (Å²) in [4.78, 5) is 5.41. The van der Waals surface area contributed by atoms with Crippen LogP contribution in [0.15, 0.2) is 176 Å². The van der Waals surface area contributed by atoms with Crippen LogP contribution in [-0.2, 0) is 0 Å². The monoisotopic (exact) mass is 691 g/mol. The van der Waals surface area contributed by atoms with Crippen molar-refractivity contribution in [1.29, 1.82) is 0 Å². The van der Waals surface area contributed by atoms with Crippen LogP contribution in [0.1, 0.15) is 0 Å². The molecule has 0 radical (unpaired) electrons. The Labute approximate surface area is 308 Å². The molecule has 53 heavy (non-hydrogen) atoms. The molecule has 0 aliphatic carbocycles. The molecule has 0 N–H and O–H groups in total. The highest BCUT2D eigenvalue weighted by Gasteiger charge is 2.22. The van der Waals surface area contributed by atoms with Crippen LogP contribution in [0.3, 0.4) is 0 Å². The lowest BCUT2D eigenvalue weighted by Crippen LogP contribution is -2.00. The summed E-state index contributed by atoms with van der Waals surface area (Å²) in [6.45, 7) is 0. The molecule has 0 atom stereocenters. The Kier molecular flexibility index (Phi) is 5.93. The second kappa shape index (κ2) is 10.9. The summed E-state index contributed by atoms with van der Waals surface area (Å²) >= 11 is 1.85. The molecule has 3 nitrogen and oxygen atoms in total. The Morgan fingerprint density at radius 3 is 1.45 bits per heavy atom. The van der Waals surface area contributed by atoms with Crippen LogP contribution in [0.2, 0.25) is 0 Å². The summed E-state index contributed by atoms with van der Waals surface area (Å²) < 4.78 is 7.37. The molecule has 4 aromatic heterocycles. The fourth-order valence-electron chi connectivity index (χ4n) is 8.84. The average molecular weight is 692 g/mol. The normalized spacial score (nSPS) is 12.2.